The number of nitriles is 1. The number of carbonyl (C=O) groups excluding carboxylic acids is 3. The van der Waals surface area contributed by atoms with E-state index in [9.17, 15) is 18.8 Å². The molecule has 1 aliphatic heterocycles. The predicted octanol–water partition coefficient (Wildman–Crippen LogP) is 2.06. The summed E-state index contributed by atoms with van der Waals surface area (Å²) in [6.07, 6.45) is 1.28. The third-order valence-corrected chi connectivity index (χ3v) is 6.72. The van der Waals surface area contributed by atoms with Crippen molar-refractivity contribution in [1.82, 2.24) is 9.80 Å². The first-order chi connectivity index (χ1) is 17.2. The molecule has 36 heavy (non-hydrogen) atoms. The van der Waals surface area contributed by atoms with E-state index >= 15 is 0 Å². The number of nitrogens with zero attached hydrogens (tertiary/aromatic N) is 3. The Balaban J connectivity index is 1.80. The fourth-order valence-corrected chi connectivity index (χ4v) is 4.79. The van der Waals surface area contributed by atoms with E-state index in [0.29, 0.717) is 18.4 Å². The van der Waals surface area contributed by atoms with Gasteiger partial charge < -0.3 is 21.3 Å². The van der Waals surface area contributed by atoms with Gasteiger partial charge in [-0.05, 0) is 48.2 Å². The molecule has 4 unspecified atom stereocenters. The van der Waals surface area contributed by atoms with Gasteiger partial charge >= 0.3 is 0 Å². The normalized spacial score (nSPS) is 18.3. The van der Waals surface area contributed by atoms with Crippen LogP contribution in [0.1, 0.15) is 49.3 Å². The molecule has 3 amide bonds. The van der Waals surface area contributed by atoms with Crippen LogP contribution in [0.25, 0.3) is 0 Å². The van der Waals surface area contributed by atoms with Crippen LogP contribution in [0.3, 0.4) is 0 Å². The minimum absolute atomic E-state index is 0.141. The van der Waals surface area contributed by atoms with Crippen LogP contribution in [0.4, 0.5) is 4.39 Å². The molecule has 1 saturated heterocycles. The van der Waals surface area contributed by atoms with Gasteiger partial charge in [-0.1, -0.05) is 44.5 Å². The molecule has 2 aromatic carbocycles. The molecule has 0 radical (unpaired) electrons. The first-order valence-corrected chi connectivity index (χ1v) is 12.1. The second-order valence-corrected chi connectivity index (χ2v) is 9.17. The smallest absolute Gasteiger partial charge is 0.246 e. The third kappa shape index (κ3) is 5.89. The van der Waals surface area contributed by atoms with Crippen molar-refractivity contribution in [2.75, 3.05) is 13.1 Å². The van der Waals surface area contributed by atoms with Crippen LogP contribution in [0, 0.1) is 17.1 Å². The highest BCUT2D eigenvalue weighted by atomic mass is 19.1. The number of primary amides is 1. The number of hydrogen-bond acceptors (Lipinski definition) is 5. The molecule has 4 atom stereocenters. The largest absolute Gasteiger partial charge is 0.368 e. The Hall–Kier alpha value is -3.77. The zero-order chi connectivity index (χ0) is 26.4. The summed E-state index contributed by atoms with van der Waals surface area (Å²) in [7, 11) is 0. The number of hydrogen-bond donors (Lipinski definition) is 2. The lowest BCUT2D eigenvalue weighted by molar-refractivity contribution is -0.156. The number of halogens is 1. The summed E-state index contributed by atoms with van der Waals surface area (Å²) in [5, 5.41) is 9.05. The number of piperazine rings is 1. The molecule has 0 bridgehead atoms. The molecule has 1 aliphatic rings. The fourth-order valence-electron chi connectivity index (χ4n) is 4.79. The van der Waals surface area contributed by atoms with Gasteiger partial charge in [0.05, 0.1) is 17.7 Å². The van der Waals surface area contributed by atoms with E-state index in [1.165, 1.54) is 21.9 Å². The first-order valence-electron chi connectivity index (χ1n) is 12.1. The van der Waals surface area contributed by atoms with Crippen molar-refractivity contribution in [2.24, 2.45) is 11.5 Å². The summed E-state index contributed by atoms with van der Waals surface area (Å²) in [5.41, 5.74) is 14.0. The highest BCUT2D eigenvalue weighted by molar-refractivity contribution is 5.94. The van der Waals surface area contributed by atoms with Crippen LogP contribution in [0.2, 0.25) is 0 Å². The summed E-state index contributed by atoms with van der Waals surface area (Å²) in [6.45, 7) is 4.09. The number of benzene rings is 2. The summed E-state index contributed by atoms with van der Waals surface area (Å²) >= 11 is 0. The standard InChI is InChI=1S/C27H32FN5O3/c1-3-4-23-27(36)33(24(25(31)34)17(2)20-9-5-19(16-29)6-10-20)14-13-32(23)26(35)22(30)15-18-7-11-21(28)12-8-18/h5-12,17,22-24H,3-4,13-15,30H2,1-2H3,(H2,31,34). The molecule has 9 heteroatoms. The first kappa shape index (κ1) is 26.8. The minimum atomic E-state index is -0.907. The molecular formula is C27H32FN5O3. The van der Waals surface area contributed by atoms with Crippen molar-refractivity contribution < 1.29 is 18.8 Å². The van der Waals surface area contributed by atoms with Gasteiger partial charge in [-0.3, -0.25) is 14.4 Å². The zero-order valence-electron chi connectivity index (χ0n) is 20.6. The van der Waals surface area contributed by atoms with Crippen molar-refractivity contribution in [1.29, 1.82) is 5.26 Å². The van der Waals surface area contributed by atoms with Gasteiger partial charge in [-0.2, -0.15) is 5.26 Å². The molecular weight excluding hydrogens is 461 g/mol. The van der Waals surface area contributed by atoms with Gasteiger partial charge in [0.2, 0.25) is 17.7 Å². The summed E-state index contributed by atoms with van der Waals surface area (Å²) in [5.74, 6) is -2.12. The van der Waals surface area contributed by atoms with E-state index in [1.54, 1.807) is 36.4 Å². The van der Waals surface area contributed by atoms with E-state index < -0.39 is 30.0 Å². The lowest BCUT2D eigenvalue weighted by atomic mass is 9.89. The Bertz CT molecular complexity index is 1130. The average molecular weight is 494 g/mol. The van der Waals surface area contributed by atoms with Crippen molar-refractivity contribution >= 4 is 17.7 Å². The molecule has 2 aromatic rings. The topological polar surface area (TPSA) is 134 Å². The second-order valence-electron chi connectivity index (χ2n) is 9.17. The van der Waals surface area contributed by atoms with Gasteiger partial charge in [-0.15, -0.1) is 0 Å². The van der Waals surface area contributed by atoms with Gasteiger partial charge in [-0.25, -0.2) is 4.39 Å². The maximum atomic E-state index is 13.6. The van der Waals surface area contributed by atoms with Gasteiger partial charge in [0.25, 0.3) is 0 Å². The SMILES string of the molecule is CCCC1C(=O)N(C(C(N)=O)C(C)c2ccc(C#N)cc2)CCN1C(=O)C(N)Cc1ccc(F)cc1. The van der Waals surface area contributed by atoms with Crippen LogP contribution >= 0.6 is 0 Å². The molecule has 4 N–H and O–H groups in total. The van der Waals surface area contributed by atoms with Gasteiger partial charge in [0.15, 0.2) is 0 Å². The highest BCUT2D eigenvalue weighted by Gasteiger charge is 2.43. The monoisotopic (exact) mass is 493 g/mol. The van der Waals surface area contributed by atoms with Crippen molar-refractivity contribution in [3.63, 3.8) is 0 Å². The van der Waals surface area contributed by atoms with Gasteiger partial charge in [0.1, 0.15) is 17.9 Å². The molecule has 0 aliphatic carbocycles. The van der Waals surface area contributed by atoms with Crippen molar-refractivity contribution in [3.05, 3.63) is 71.0 Å². The summed E-state index contributed by atoms with van der Waals surface area (Å²) in [6, 6.07) is 12.1. The van der Waals surface area contributed by atoms with E-state index in [-0.39, 0.29) is 37.1 Å². The molecule has 190 valence electrons. The second kappa shape index (κ2) is 11.8. The number of amides is 3. The Morgan fingerprint density at radius 3 is 2.33 bits per heavy atom. The van der Waals surface area contributed by atoms with E-state index in [1.807, 2.05) is 13.8 Å². The molecule has 1 heterocycles. The number of rotatable bonds is 9. The third-order valence-electron chi connectivity index (χ3n) is 6.72. The molecule has 8 nitrogen and oxygen atoms in total. The molecule has 0 aromatic heterocycles. The van der Waals surface area contributed by atoms with E-state index in [4.69, 9.17) is 16.7 Å². The summed E-state index contributed by atoms with van der Waals surface area (Å²) < 4.78 is 13.2. The molecule has 0 spiro atoms. The lowest BCUT2D eigenvalue weighted by Crippen LogP contribution is -2.65. The van der Waals surface area contributed by atoms with Crippen molar-refractivity contribution in [2.45, 2.75) is 57.2 Å². The number of nitrogens with two attached hydrogens (primary N) is 2. The fraction of sp³-hybridized carbons (Fsp3) is 0.407. The lowest BCUT2D eigenvalue weighted by Gasteiger charge is -2.45. The van der Waals surface area contributed by atoms with Crippen LogP contribution in [-0.2, 0) is 20.8 Å². The van der Waals surface area contributed by atoms with Crippen LogP contribution in [0.5, 0.6) is 0 Å². The Morgan fingerprint density at radius 1 is 1.14 bits per heavy atom. The Labute approximate surface area is 210 Å². The predicted molar refractivity (Wildman–Crippen MR) is 133 cm³/mol. The van der Waals surface area contributed by atoms with Gasteiger partial charge in [0, 0.05) is 19.0 Å². The van der Waals surface area contributed by atoms with E-state index in [0.717, 1.165) is 11.1 Å². The molecule has 1 fully saturated rings. The maximum Gasteiger partial charge on any atom is 0.246 e. The zero-order valence-corrected chi connectivity index (χ0v) is 20.6. The molecule has 3 rings (SSSR count). The van der Waals surface area contributed by atoms with Crippen LogP contribution in [-0.4, -0.2) is 58.7 Å². The highest BCUT2D eigenvalue weighted by Crippen LogP contribution is 2.28. The van der Waals surface area contributed by atoms with Crippen molar-refractivity contribution in [3.8, 4) is 6.07 Å². The summed E-state index contributed by atoms with van der Waals surface area (Å²) in [4.78, 5) is 42.4. The Kier molecular flexibility index (Phi) is 8.78. The minimum Gasteiger partial charge on any atom is -0.368 e. The van der Waals surface area contributed by atoms with Crippen LogP contribution < -0.4 is 11.5 Å². The van der Waals surface area contributed by atoms with E-state index in [2.05, 4.69) is 6.07 Å². The van der Waals surface area contributed by atoms with Crippen LogP contribution in [0.15, 0.2) is 48.5 Å². The number of carbonyl (C=O) groups is 3. The Morgan fingerprint density at radius 2 is 1.78 bits per heavy atom. The maximum absolute atomic E-state index is 13.6. The average Bonchev–Trinajstić information content (AvgIpc) is 2.87. The quantitative estimate of drug-likeness (QED) is 0.552. The molecule has 0 saturated carbocycles.